The topological polar surface area (TPSA) is 17.8 Å². The minimum Gasteiger partial charge on any atom is -0.292 e. The van der Waals surface area contributed by atoms with Gasteiger partial charge in [0.25, 0.3) is 0 Å². The predicted molar refractivity (Wildman–Crippen MR) is 105 cm³/mol. The van der Waals surface area contributed by atoms with Gasteiger partial charge in [-0.25, -0.2) is 9.37 Å². The molecule has 0 saturated heterocycles. The molecular weight excluding hydrogens is 323 g/mol. The maximum absolute atomic E-state index is 13.4. The highest BCUT2D eigenvalue weighted by atomic mass is 19.1. The molecule has 0 spiro atoms. The van der Waals surface area contributed by atoms with Crippen LogP contribution < -0.4 is 0 Å². The fourth-order valence-electron chi connectivity index (χ4n) is 3.37. The van der Waals surface area contributed by atoms with Gasteiger partial charge < -0.3 is 0 Å². The van der Waals surface area contributed by atoms with Crippen molar-refractivity contribution in [1.82, 2.24) is 9.55 Å². The van der Waals surface area contributed by atoms with E-state index in [-0.39, 0.29) is 11.2 Å². The van der Waals surface area contributed by atoms with Crippen LogP contribution in [-0.2, 0) is 5.41 Å². The first-order valence-electron chi connectivity index (χ1n) is 8.78. The van der Waals surface area contributed by atoms with Gasteiger partial charge in [0.2, 0.25) is 0 Å². The maximum atomic E-state index is 13.4. The van der Waals surface area contributed by atoms with Crippen LogP contribution in [0.15, 0.2) is 72.8 Å². The number of hydrogen-bond acceptors (Lipinski definition) is 1. The molecule has 0 bridgehead atoms. The van der Waals surface area contributed by atoms with Gasteiger partial charge in [-0.15, -0.1) is 0 Å². The Balaban J connectivity index is 2.07. The van der Waals surface area contributed by atoms with Gasteiger partial charge in [-0.2, -0.15) is 0 Å². The fraction of sp³-hybridized carbons (Fsp3) is 0.174. The van der Waals surface area contributed by atoms with Crippen LogP contribution >= 0.6 is 0 Å². The van der Waals surface area contributed by atoms with Gasteiger partial charge in [-0.05, 0) is 53.4 Å². The van der Waals surface area contributed by atoms with Gasteiger partial charge in [0.15, 0.2) is 0 Å². The standard InChI is InChI=1S/C23H21FN2/c1-23(2,3)18-8-4-6-10-20(18)26-21-11-7-5-9-19(21)25-22(26)16-12-14-17(24)15-13-16/h4-15H,1-3H3. The van der Waals surface area contributed by atoms with Gasteiger partial charge in [-0.3, -0.25) is 4.57 Å². The smallest absolute Gasteiger partial charge is 0.145 e. The normalized spacial score (nSPS) is 11.8. The predicted octanol–water partition coefficient (Wildman–Crippen LogP) is 6.13. The van der Waals surface area contributed by atoms with Gasteiger partial charge in [-0.1, -0.05) is 51.1 Å². The lowest BCUT2D eigenvalue weighted by atomic mass is 9.85. The molecule has 3 aromatic carbocycles. The van der Waals surface area contributed by atoms with E-state index in [2.05, 4.69) is 49.6 Å². The third-order valence-electron chi connectivity index (χ3n) is 4.62. The average Bonchev–Trinajstić information content (AvgIpc) is 3.01. The number of rotatable bonds is 2. The number of nitrogens with zero attached hydrogens (tertiary/aromatic N) is 2. The van der Waals surface area contributed by atoms with Crippen LogP contribution in [0.5, 0.6) is 0 Å². The number of para-hydroxylation sites is 3. The molecule has 4 aromatic rings. The molecule has 0 aliphatic rings. The second-order valence-corrected chi connectivity index (χ2v) is 7.53. The van der Waals surface area contributed by atoms with Crippen molar-refractivity contribution in [3.8, 4) is 17.1 Å². The molecule has 0 aliphatic carbocycles. The highest BCUT2D eigenvalue weighted by Crippen LogP contribution is 2.34. The van der Waals surface area contributed by atoms with E-state index in [1.165, 1.54) is 17.7 Å². The van der Waals surface area contributed by atoms with Crippen LogP contribution in [0.25, 0.3) is 28.1 Å². The molecule has 2 nitrogen and oxygen atoms in total. The highest BCUT2D eigenvalue weighted by molar-refractivity contribution is 5.83. The summed E-state index contributed by atoms with van der Waals surface area (Å²) in [5.41, 5.74) is 5.20. The van der Waals surface area contributed by atoms with E-state index in [4.69, 9.17) is 4.98 Å². The van der Waals surface area contributed by atoms with Crippen molar-refractivity contribution in [1.29, 1.82) is 0 Å². The molecule has 0 aliphatic heterocycles. The zero-order valence-electron chi connectivity index (χ0n) is 15.2. The number of fused-ring (bicyclic) bond motifs is 1. The van der Waals surface area contributed by atoms with Crippen LogP contribution in [0, 0.1) is 5.82 Å². The summed E-state index contributed by atoms with van der Waals surface area (Å²) >= 11 is 0. The maximum Gasteiger partial charge on any atom is 0.145 e. The first kappa shape index (κ1) is 16.5. The summed E-state index contributed by atoms with van der Waals surface area (Å²) < 4.78 is 15.6. The fourth-order valence-corrected chi connectivity index (χ4v) is 3.37. The molecule has 0 unspecified atom stereocenters. The zero-order chi connectivity index (χ0) is 18.3. The molecule has 0 saturated carbocycles. The van der Waals surface area contributed by atoms with Crippen LogP contribution in [0.1, 0.15) is 26.3 Å². The molecule has 4 rings (SSSR count). The number of imidazole rings is 1. The van der Waals surface area contributed by atoms with Crippen LogP contribution in [0.3, 0.4) is 0 Å². The van der Waals surface area contributed by atoms with Gasteiger partial charge in [0.1, 0.15) is 11.6 Å². The molecule has 0 amide bonds. The molecule has 1 heterocycles. The molecule has 0 atom stereocenters. The van der Waals surface area contributed by atoms with E-state index in [9.17, 15) is 4.39 Å². The summed E-state index contributed by atoms with van der Waals surface area (Å²) in [6.07, 6.45) is 0. The first-order chi connectivity index (χ1) is 12.4. The van der Waals surface area contributed by atoms with Crippen molar-refractivity contribution < 1.29 is 4.39 Å². The van der Waals surface area contributed by atoms with Crippen molar-refractivity contribution in [2.24, 2.45) is 0 Å². The molecular formula is C23H21FN2. The Morgan fingerprint density at radius 2 is 1.46 bits per heavy atom. The van der Waals surface area contributed by atoms with Gasteiger partial charge >= 0.3 is 0 Å². The summed E-state index contributed by atoms with van der Waals surface area (Å²) in [6.45, 7) is 6.63. The summed E-state index contributed by atoms with van der Waals surface area (Å²) in [6, 6.07) is 23.0. The lowest BCUT2D eigenvalue weighted by Gasteiger charge is -2.24. The van der Waals surface area contributed by atoms with E-state index in [1.807, 2.05) is 24.3 Å². The van der Waals surface area contributed by atoms with Gasteiger partial charge in [0, 0.05) is 5.56 Å². The van der Waals surface area contributed by atoms with Crippen molar-refractivity contribution in [3.05, 3.63) is 84.2 Å². The Hall–Kier alpha value is -2.94. The minimum absolute atomic E-state index is 0.0119. The number of benzene rings is 3. The molecule has 1 aromatic heterocycles. The van der Waals surface area contributed by atoms with Crippen molar-refractivity contribution in [2.45, 2.75) is 26.2 Å². The third-order valence-corrected chi connectivity index (χ3v) is 4.62. The lowest BCUT2D eigenvalue weighted by Crippen LogP contribution is -2.15. The summed E-state index contributed by atoms with van der Waals surface area (Å²) in [7, 11) is 0. The van der Waals surface area contributed by atoms with E-state index >= 15 is 0 Å². The molecule has 26 heavy (non-hydrogen) atoms. The van der Waals surface area contributed by atoms with E-state index in [1.54, 1.807) is 12.1 Å². The third kappa shape index (κ3) is 2.80. The Labute approximate surface area is 152 Å². The largest absolute Gasteiger partial charge is 0.292 e. The molecule has 0 radical (unpaired) electrons. The summed E-state index contributed by atoms with van der Waals surface area (Å²) in [4.78, 5) is 4.85. The second kappa shape index (κ2) is 6.10. The van der Waals surface area contributed by atoms with Crippen molar-refractivity contribution in [2.75, 3.05) is 0 Å². The molecule has 130 valence electrons. The Morgan fingerprint density at radius 1 is 0.808 bits per heavy atom. The second-order valence-electron chi connectivity index (χ2n) is 7.53. The monoisotopic (exact) mass is 344 g/mol. The highest BCUT2D eigenvalue weighted by Gasteiger charge is 2.22. The molecule has 0 fully saturated rings. The number of halogens is 1. The minimum atomic E-state index is -0.244. The number of hydrogen-bond donors (Lipinski definition) is 0. The first-order valence-corrected chi connectivity index (χ1v) is 8.78. The molecule has 0 N–H and O–H groups in total. The van der Waals surface area contributed by atoms with Crippen LogP contribution in [0.4, 0.5) is 4.39 Å². The van der Waals surface area contributed by atoms with E-state index < -0.39 is 0 Å². The summed E-state index contributed by atoms with van der Waals surface area (Å²) in [5.74, 6) is 0.578. The Morgan fingerprint density at radius 3 is 2.19 bits per heavy atom. The van der Waals surface area contributed by atoms with Gasteiger partial charge in [0.05, 0.1) is 16.7 Å². The Kier molecular flexibility index (Phi) is 3.87. The lowest BCUT2D eigenvalue weighted by molar-refractivity contribution is 0.587. The quantitative estimate of drug-likeness (QED) is 0.428. The molecule has 3 heteroatoms. The van der Waals surface area contributed by atoms with Crippen molar-refractivity contribution >= 4 is 11.0 Å². The Bertz CT molecular complexity index is 1070. The van der Waals surface area contributed by atoms with E-state index in [0.29, 0.717) is 0 Å². The number of aromatic nitrogens is 2. The van der Waals surface area contributed by atoms with Crippen LogP contribution in [-0.4, -0.2) is 9.55 Å². The SMILES string of the molecule is CC(C)(C)c1ccccc1-n1c(-c2ccc(F)cc2)nc2ccccc21. The summed E-state index contributed by atoms with van der Waals surface area (Å²) in [5, 5.41) is 0. The van der Waals surface area contributed by atoms with E-state index in [0.717, 1.165) is 28.1 Å². The van der Waals surface area contributed by atoms with Crippen LogP contribution in [0.2, 0.25) is 0 Å². The zero-order valence-corrected chi connectivity index (χ0v) is 15.2. The average molecular weight is 344 g/mol. The van der Waals surface area contributed by atoms with Crippen molar-refractivity contribution in [3.63, 3.8) is 0 Å².